The van der Waals surface area contributed by atoms with E-state index in [0.29, 0.717) is 11.3 Å². The van der Waals surface area contributed by atoms with Gasteiger partial charge in [-0.1, -0.05) is 24.3 Å². The highest BCUT2D eigenvalue weighted by molar-refractivity contribution is 5.87. The summed E-state index contributed by atoms with van der Waals surface area (Å²) < 4.78 is 40.2. The molecule has 138 valence electrons. The Morgan fingerprint density at radius 2 is 1.93 bits per heavy atom. The molecule has 0 aliphatic carbocycles. The number of para-hydroxylation sites is 1. The summed E-state index contributed by atoms with van der Waals surface area (Å²) in [6, 6.07) is 11.6. The quantitative estimate of drug-likeness (QED) is 0.713. The van der Waals surface area contributed by atoms with E-state index in [0.717, 1.165) is 12.1 Å². The Bertz CT molecular complexity index is 1060. The molecule has 0 saturated carbocycles. The van der Waals surface area contributed by atoms with Gasteiger partial charge in [-0.15, -0.1) is 5.10 Å². The Hall–Kier alpha value is -3.36. The molecule has 0 spiro atoms. The zero-order valence-corrected chi connectivity index (χ0v) is 13.9. The highest BCUT2D eigenvalue weighted by atomic mass is 19.4. The van der Waals surface area contributed by atoms with Crippen molar-refractivity contribution in [2.24, 2.45) is 0 Å². The lowest BCUT2D eigenvalue weighted by Crippen LogP contribution is -2.49. The number of hydrogen-bond donors (Lipinski definition) is 2. The summed E-state index contributed by atoms with van der Waals surface area (Å²) >= 11 is 0. The van der Waals surface area contributed by atoms with E-state index < -0.39 is 23.4 Å². The summed E-state index contributed by atoms with van der Waals surface area (Å²) in [7, 11) is 0. The number of nitrogens with one attached hydrogen (secondary N) is 1. The van der Waals surface area contributed by atoms with Crippen LogP contribution in [0.1, 0.15) is 12.5 Å². The molecule has 0 bridgehead atoms. The second-order valence-corrected chi connectivity index (χ2v) is 6.30. The van der Waals surface area contributed by atoms with Gasteiger partial charge in [0.05, 0.1) is 5.56 Å². The Labute approximate surface area is 151 Å². The van der Waals surface area contributed by atoms with Gasteiger partial charge in [0.25, 0.3) is 0 Å². The normalized spacial score (nSPS) is 18.4. The van der Waals surface area contributed by atoms with Crippen LogP contribution in [-0.4, -0.2) is 25.8 Å². The van der Waals surface area contributed by atoms with Crippen molar-refractivity contribution in [3.63, 3.8) is 0 Å². The highest BCUT2D eigenvalue weighted by Crippen LogP contribution is 2.39. The third-order valence-electron chi connectivity index (χ3n) is 4.44. The summed E-state index contributed by atoms with van der Waals surface area (Å²) in [5, 5.41) is 16.8. The van der Waals surface area contributed by atoms with Gasteiger partial charge in [-0.2, -0.15) is 13.2 Å². The number of benzene rings is 2. The van der Waals surface area contributed by atoms with Crippen molar-refractivity contribution in [2.75, 3.05) is 5.32 Å². The Kier molecular flexibility index (Phi) is 3.52. The zero-order valence-electron chi connectivity index (χ0n) is 13.9. The molecule has 2 heterocycles. The molecule has 9 heteroatoms. The first-order valence-corrected chi connectivity index (χ1v) is 7.96. The summed E-state index contributed by atoms with van der Waals surface area (Å²) in [6.07, 6.45) is -4.50. The van der Waals surface area contributed by atoms with Gasteiger partial charge >= 0.3 is 12.1 Å². The number of alkyl halides is 3. The molecule has 1 aromatic heterocycles. The van der Waals surface area contributed by atoms with E-state index in [1.54, 1.807) is 24.3 Å². The van der Waals surface area contributed by atoms with Crippen molar-refractivity contribution in [1.82, 2.24) is 14.8 Å². The van der Waals surface area contributed by atoms with E-state index in [9.17, 15) is 23.1 Å². The minimum absolute atomic E-state index is 0.0158. The van der Waals surface area contributed by atoms with Crippen LogP contribution in [0.25, 0.3) is 22.8 Å². The lowest BCUT2D eigenvalue weighted by molar-refractivity contribution is -0.145. The second-order valence-electron chi connectivity index (χ2n) is 6.30. The Morgan fingerprint density at radius 3 is 2.63 bits per heavy atom. The molecule has 0 fully saturated rings. The van der Waals surface area contributed by atoms with E-state index in [-0.39, 0.29) is 17.2 Å². The maximum Gasteiger partial charge on any atom is 0.416 e. The van der Waals surface area contributed by atoms with Gasteiger partial charge in [0.2, 0.25) is 5.66 Å². The lowest BCUT2D eigenvalue weighted by Gasteiger charge is -2.33. The average Bonchev–Trinajstić information content (AvgIpc) is 3.08. The first-order valence-electron chi connectivity index (χ1n) is 7.96. The van der Waals surface area contributed by atoms with Gasteiger partial charge in [0, 0.05) is 16.8 Å². The molecule has 3 aromatic rings. The van der Waals surface area contributed by atoms with Gasteiger partial charge in [-0.05, 0) is 31.2 Å². The fourth-order valence-corrected chi connectivity index (χ4v) is 3.00. The lowest BCUT2D eigenvalue weighted by atomic mass is 10.0. The molecular formula is C18H13F3N4O2. The predicted molar refractivity (Wildman–Crippen MR) is 90.8 cm³/mol. The predicted octanol–water partition coefficient (Wildman–Crippen LogP) is 3.81. The van der Waals surface area contributed by atoms with Crippen LogP contribution >= 0.6 is 0 Å². The van der Waals surface area contributed by atoms with Crippen LogP contribution in [0.15, 0.2) is 48.5 Å². The van der Waals surface area contributed by atoms with Crippen LogP contribution in [-0.2, 0) is 16.6 Å². The summed E-state index contributed by atoms with van der Waals surface area (Å²) in [5.74, 6) is -0.914. The van der Waals surface area contributed by atoms with Gasteiger partial charge in [-0.3, -0.25) is 0 Å². The molecule has 0 saturated heterocycles. The van der Waals surface area contributed by atoms with Crippen molar-refractivity contribution < 1.29 is 23.1 Å². The third kappa shape index (κ3) is 2.62. The highest BCUT2D eigenvalue weighted by Gasteiger charge is 2.43. The number of hydrogen-bond acceptors (Lipinski definition) is 4. The molecule has 2 aromatic carbocycles. The molecule has 0 unspecified atom stereocenters. The van der Waals surface area contributed by atoms with E-state index >= 15 is 0 Å². The van der Waals surface area contributed by atoms with E-state index in [1.807, 2.05) is 0 Å². The molecular weight excluding hydrogens is 361 g/mol. The number of aromatic nitrogens is 3. The van der Waals surface area contributed by atoms with E-state index in [1.165, 1.54) is 23.7 Å². The first kappa shape index (κ1) is 17.1. The van der Waals surface area contributed by atoms with Gasteiger partial charge < -0.3 is 10.4 Å². The van der Waals surface area contributed by atoms with Crippen LogP contribution in [0, 0.1) is 0 Å². The van der Waals surface area contributed by atoms with Crippen molar-refractivity contribution in [3.05, 3.63) is 54.1 Å². The third-order valence-corrected chi connectivity index (χ3v) is 4.44. The van der Waals surface area contributed by atoms with Crippen molar-refractivity contribution in [2.45, 2.75) is 18.8 Å². The standard InChI is InChI=1S/C18H13F3N4O2/c1-17(16(26)27)23-13-8-3-2-7-12(13)15-22-14(24-25(15)17)10-5-4-6-11(9-10)18(19,20)21/h2-9,23H,1H3,(H,26,27)/t17-/m0/s1. The summed E-state index contributed by atoms with van der Waals surface area (Å²) in [5.41, 5.74) is -1.14. The maximum atomic E-state index is 13.0. The molecule has 27 heavy (non-hydrogen) atoms. The van der Waals surface area contributed by atoms with Crippen molar-refractivity contribution in [1.29, 1.82) is 0 Å². The largest absolute Gasteiger partial charge is 0.478 e. The minimum Gasteiger partial charge on any atom is -0.478 e. The topological polar surface area (TPSA) is 80.0 Å². The number of rotatable bonds is 2. The maximum absolute atomic E-state index is 13.0. The number of carboxylic acids is 1. The number of nitrogens with zero attached hydrogens (tertiary/aromatic N) is 3. The molecule has 6 nitrogen and oxygen atoms in total. The van der Waals surface area contributed by atoms with Gasteiger partial charge in [0.15, 0.2) is 11.6 Å². The summed E-state index contributed by atoms with van der Waals surface area (Å²) in [4.78, 5) is 16.2. The molecule has 2 N–H and O–H groups in total. The molecule has 0 amide bonds. The fraction of sp³-hybridized carbons (Fsp3) is 0.167. The van der Waals surface area contributed by atoms with Crippen molar-refractivity contribution in [3.8, 4) is 22.8 Å². The van der Waals surface area contributed by atoms with Gasteiger partial charge in [0.1, 0.15) is 0 Å². The van der Waals surface area contributed by atoms with Crippen LogP contribution < -0.4 is 5.32 Å². The first-order chi connectivity index (χ1) is 12.7. The van der Waals surface area contributed by atoms with Crippen LogP contribution in [0.2, 0.25) is 0 Å². The minimum atomic E-state index is -4.50. The van der Waals surface area contributed by atoms with E-state index in [4.69, 9.17) is 0 Å². The number of carbonyl (C=O) groups is 1. The number of fused-ring (bicyclic) bond motifs is 3. The van der Waals surface area contributed by atoms with Gasteiger partial charge in [-0.25, -0.2) is 14.5 Å². The molecule has 1 aliphatic rings. The molecule has 4 rings (SSSR count). The van der Waals surface area contributed by atoms with Crippen LogP contribution in [0.3, 0.4) is 0 Å². The number of carboxylic acid groups (broad SMARTS) is 1. The number of halogens is 3. The fourth-order valence-electron chi connectivity index (χ4n) is 3.00. The molecule has 1 atom stereocenters. The summed E-state index contributed by atoms with van der Waals surface area (Å²) in [6.45, 7) is 1.42. The number of anilines is 1. The van der Waals surface area contributed by atoms with Crippen LogP contribution in [0.4, 0.5) is 18.9 Å². The second kappa shape index (κ2) is 5.57. The SMILES string of the molecule is C[C@]1(C(=O)O)Nc2ccccc2-c2nc(-c3cccc(C(F)(F)F)c3)nn21. The Balaban J connectivity index is 1.92. The number of aliphatic carboxylic acids is 1. The van der Waals surface area contributed by atoms with Crippen molar-refractivity contribution >= 4 is 11.7 Å². The van der Waals surface area contributed by atoms with E-state index in [2.05, 4.69) is 15.4 Å². The monoisotopic (exact) mass is 374 g/mol. The average molecular weight is 374 g/mol. The molecule has 1 aliphatic heterocycles. The zero-order chi connectivity index (χ0) is 19.4. The molecule has 0 radical (unpaired) electrons. The Morgan fingerprint density at radius 1 is 1.19 bits per heavy atom. The van der Waals surface area contributed by atoms with Crippen LogP contribution in [0.5, 0.6) is 0 Å². The smallest absolute Gasteiger partial charge is 0.416 e.